The molecule has 0 spiro atoms. The summed E-state index contributed by atoms with van der Waals surface area (Å²) in [5, 5.41) is 3.48. The summed E-state index contributed by atoms with van der Waals surface area (Å²) in [6.45, 7) is 10.3. The summed E-state index contributed by atoms with van der Waals surface area (Å²) in [4.78, 5) is 11.7. The molecule has 3 heteroatoms. The van der Waals surface area contributed by atoms with E-state index in [1.54, 1.807) is 6.07 Å². The van der Waals surface area contributed by atoms with Crippen molar-refractivity contribution in [1.82, 2.24) is 9.88 Å². The lowest BCUT2D eigenvalue weighted by molar-refractivity contribution is 0.438. The quantitative estimate of drug-likeness (QED) is 0.807. The van der Waals surface area contributed by atoms with E-state index in [9.17, 15) is 4.79 Å². The minimum absolute atomic E-state index is 0.0895. The van der Waals surface area contributed by atoms with Crippen LogP contribution in [-0.2, 0) is 6.54 Å². The van der Waals surface area contributed by atoms with Crippen LogP contribution in [0.2, 0.25) is 0 Å². The van der Waals surface area contributed by atoms with Gasteiger partial charge in [-0.15, -0.1) is 0 Å². The van der Waals surface area contributed by atoms with Gasteiger partial charge >= 0.3 is 0 Å². The zero-order chi connectivity index (χ0) is 13.5. The summed E-state index contributed by atoms with van der Waals surface area (Å²) in [6.07, 6.45) is 2.44. The molecule has 1 N–H and O–H groups in total. The molecule has 0 radical (unpaired) electrons. The SMILES string of the molecule is Cc1cccc(=O)n1CCNC(C)CCC(C)C. The molecule has 0 bridgehead atoms. The Morgan fingerprint density at radius 3 is 2.56 bits per heavy atom. The number of rotatable bonds is 7. The second-order valence-corrected chi connectivity index (χ2v) is 5.48. The molecular formula is C15H26N2O. The second-order valence-electron chi connectivity index (χ2n) is 5.48. The number of hydrogen-bond donors (Lipinski definition) is 1. The first-order chi connectivity index (χ1) is 8.50. The van der Waals surface area contributed by atoms with E-state index in [1.807, 2.05) is 23.6 Å². The molecule has 1 heterocycles. The maximum atomic E-state index is 11.7. The van der Waals surface area contributed by atoms with Gasteiger partial charge in [0.25, 0.3) is 5.56 Å². The van der Waals surface area contributed by atoms with E-state index in [2.05, 4.69) is 26.1 Å². The molecule has 0 aliphatic carbocycles. The number of hydrogen-bond acceptors (Lipinski definition) is 2. The van der Waals surface area contributed by atoms with E-state index in [0.29, 0.717) is 6.04 Å². The number of pyridine rings is 1. The fourth-order valence-electron chi connectivity index (χ4n) is 2.02. The molecule has 0 aliphatic heterocycles. The maximum Gasteiger partial charge on any atom is 0.250 e. The van der Waals surface area contributed by atoms with Crippen molar-refractivity contribution in [3.05, 3.63) is 34.2 Å². The van der Waals surface area contributed by atoms with Crippen LogP contribution in [0.25, 0.3) is 0 Å². The van der Waals surface area contributed by atoms with Crippen molar-refractivity contribution in [2.24, 2.45) is 5.92 Å². The Balaban J connectivity index is 2.35. The first-order valence-electron chi connectivity index (χ1n) is 6.90. The molecule has 3 nitrogen and oxygen atoms in total. The lowest BCUT2D eigenvalue weighted by Crippen LogP contribution is -2.32. The lowest BCUT2D eigenvalue weighted by atomic mass is 10.0. The van der Waals surface area contributed by atoms with Gasteiger partial charge in [-0.05, 0) is 38.7 Å². The highest BCUT2D eigenvalue weighted by Crippen LogP contribution is 2.06. The predicted octanol–water partition coefficient (Wildman–Crippen LogP) is 2.57. The number of nitrogens with one attached hydrogen (secondary N) is 1. The average Bonchev–Trinajstić information content (AvgIpc) is 2.30. The molecule has 102 valence electrons. The van der Waals surface area contributed by atoms with Gasteiger partial charge in [0.05, 0.1) is 0 Å². The van der Waals surface area contributed by atoms with Gasteiger partial charge in [0.15, 0.2) is 0 Å². The summed E-state index contributed by atoms with van der Waals surface area (Å²) in [6, 6.07) is 5.93. The van der Waals surface area contributed by atoms with Crippen molar-refractivity contribution in [2.45, 2.75) is 53.1 Å². The van der Waals surface area contributed by atoms with E-state index >= 15 is 0 Å². The Kier molecular flexibility index (Phi) is 6.13. The highest BCUT2D eigenvalue weighted by atomic mass is 16.1. The van der Waals surface area contributed by atoms with Crippen molar-refractivity contribution in [1.29, 1.82) is 0 Å². The predicted molar refractivity (Wildman–Crippen MR) is 77.0 cm³/mol. The Bertz CT molecular complexity index is 409. The van der Waals surface area contributed by atoms with Crippen LogP contribution >= 0.6 is 0 Å². The van der Waals surface area contributed by atoms with Crippen LogP contribution in [0.3, 0.4) is 0 Å². The molecule has 1 aromatic rings. The molecule has 18 heavy (non-hydrogen) atoms. The monoisotopic (exact) mass is 250 g/mol. The molecular weight excluding hydrogens is 224 g/mol. The summed E-state index contributed by atoms with van der Waals surface area (Å²) in [5.74, 6) is 0.758. The summed E-state index contributed by atoms with van der Waals surface area (Å²) in [5.41, 5.74) is 1.12. The van der Waals surface area contributed by atoms with E-state index in [-0.39, 0.29) is 5.56 Å². The minimum Gasteiger partial charge on any atom is -0.312 e. The molecule has 1 aromatic heterocycles. The van der Waals surface area contributed by atoms with Crippen molar-refractivity contribution in [2.75, 3.05) is 6.54 Å². The van der Waals surface area contributed by atoms with E-state index < -0.39 is 0 Å². The van der Waals surface area contributed by atoms with Crippen molar-refractivity contribution >= 4 is 0 Å². The largest absolute Gasteiger partial charge is 0.312 e. The Labute approximate surface area is 110 Å². The summed E-state index contributed by atoms with van der Waals surface area (Å²) in [7, 11) is 0. The zero-order valence-electron chi connectivity index (χ0n) is 12.1. The molecule has 0 saturated carbocycles. The van der Waals surface area contributed by atoms with Crippen molar-refractivity contribution in [3.8, 4) is 0 Å². The average molecular weight is 250 g/mol. The highest BCUT2D eigenvalue weighted by molar-refractivity contribution is 5.04. The third-order valence-corrected chi connectivity index (χ3v) is 3.27. The third-order valence-electron chi connectivity index (χ3n) is 3.27. The molecule has 0 amide bonds. The minimum atomic E-state index is 0.0895. The first kappa shape index (κ1) is 15.0. The van der Waals surface area contributed by atoms with Gasteiger partial charge in [0.2, 0.25) is 0 Å². The fourth-order valence-corrected chi connectivity index (χ4v) is 2.02. The number of aryl methyl sites for hydroxylation is 1. The Morgan fingerprint density at radius 1 is 1.22 bits per heavy atom. The van der Waals surface area contributed by atoms with E-state index in [1.165, 1.54) is 12.8 Å². The van der Waals surface area contributed by atoms with E-state index in [0.717, 1.165) is 24.7 Å². The third kappa shape index (κ3) is 5.05. The summed E-state index contributed by atoms with van der Waals surface area (Å²) >= 11 is 0. The van der Waals surface area contributed by atoms with Gasteiger partial charge in [-0.2, -0.15) is 0 Å². The van der Waals surface area contributed by atoms with Crippen molar-refractivity contribution < 1.29 is 0 Å². The van der Waals surface area contributed by atoms with Crippen LogP contribution in [0.5, 0.6) is 0 Å². The fraction of sp³-hybridized carbons (Fsp3) is 0.667. The van der Waals surface area contributed by atoms with E-state index in [4.69, 9.17) is 0 Å². The van der Waals surface area contributed by atoms with Crippen LogP contribution < -0.4 is 10.9 Å². The zero-order valence-corrected chi connectivity index (χ0v) is 12.1. The Morgan fingerprint density at radius 2 is 1.94 bits per heavy atom. The number of nitrogens with zero attached hydrogens (tertiary/aromatic N) is 1. The number of aromatic nitrogens is 1. The molecule has 0 aliphatic rings. The molecule has 1 rings (SSSR count). The van der Waals surface area contributed by atoms with Crippen LogP contribution in [0.15, 0.2) is 23.0 Å². The van der Waals surface area contributed by atoms with Gasteiger partial charge in [-0.1, -0.05) is 19.9 Å². The van der Waals surface area contributed by atoms with Gasteiger partial charge in [0, 0.05) is 30.9 Å². The van der Waals surface area contributed by atoms with Gasteiger partial charge in [-0.25, -0.2) is 0 Å². The molecule has 1 unspecified atom stereocenters. The second kappa shape index (κ2) is 7.37. The highest BCUT2D eigenvalue weighted by Gasteiger charge is 2.04. The van der Waals surface area contributed by atoms with Gasteiger partial charge < -0.3 is 9.88 Å². The van der Waals surface area contributed by atoms with Crippen LogP contribution in [0.1, 0.15) is 39.3 Å². The smallest absolute Gasteiger partial charge is 0.250 e. The summed E-state index contributed by atoms with van der Waals surface area (Å²) < 4.78 is 1.82. The molecule has 0 aromatic carbocycles. The topological polar surface area (TPSA) is 34.0 Å². The van der Waals surface area contributed by atoms with Crippen LogP contribution in [0, 0.1) is 12.8 Å². The molecule has 1 atom stereocenters. The Hall–Kier alpha value is -1.09. The molecule has 0 saturated heterocycles. The van der Waals surface area contributed by atoms with Gasteiger partial charge in [-0.3, -0.25) is 4.79 Å². The first-order valence-corrected chi connectivity index (χ1v) is 6.90. The normalized spacial score (nSPS) is 12.9. The lowest BCUT2D eigenvalue weighted by Gasteiger charge is -2.16. The molecule has 0 fully saturated rings. The standard InChI is InChI=1S/C15H26N2O/c1-12(2)8-9-13(3)16-10-11-17-14(4)6-5-7-15(17)18/h5-7,12-13,16H,8-11H2,1-4H3. The maximum absolute atomic E-state index is 11.7. The van der Waals surface area contributed by atoms with Crippen molar-refractivity contribution in [3.63, 3.8) is 0 Å². The van der Waals surface area contributed by atoms with Crippen LogP contribution in [0.4, 0.5) is 0 Å². The van der Waals surface area contributed by atoms with Crippen LogP contribution in [-0.4, -0.2) is 17.2 Å². The van der Waals surface area contributed by atoms with Gasteiger partial charge in [0.1, 0.15) is 0 Å².